The van der Waals surface area contributed by atoms with Gasteiger partial charge in [0.1, 0.15) is 6.54 Å². The van der Waals surface area contributed by atoms with Crippen molar-refractivity contribution < 1.29 is 22.8 Å². The second-order valence-corrected chi connectivity index (χ2v) is 6.52. The van der Waals surface area contributed by atoms with Crippen LogP contribution in [0.2, 0.25) is 0 Å². The van der Waals surface area contributed by atoms with E-state index in [1.807, 2.05) is 22.0 Å². The Labute approximate surface area is 126 Å². The lowest BCUT2D eigenvalue weighted by molar-refractivity contribution is -0.126. The summed E-state index contributed by atoms with van der Waals surface area (Å²) >= 11 is 1.82. The number of urea groups is 1. The molecule has 0 aromatic rings. The van der Waals surface area contributed by atoms with E-state index in [1.165, 1.54) is 0 Å². The van der Waals surface area contributed by atoms with Crippen molar-refractivity contribution in [3.8, 4) is 0 Å². The number of nitrogens with zero attached hydrogens (tertiary/aromatic N) is 1. The molecule has 2 atom stereocenters. The molecular formula is C12H20F3N3O2S. The van der Waals surface area contributed by atoms with Crippen LogP contribution in [0.1, 0.15) is 20.3 Å². The van der Waals surface area contributed by atoms with Gasteiger partial charge in [-0.2, -0.15) is 24.9 Å². The van der Waals surface area contributed by atoms with Crippen LogP contribution < -0.4 is 10.6 Å². The first kappa shape index (κ1) is 18.1. The first-order valence-electron chi connectivity index (χ1n) is 6.70. The van der Waals surface area contributed by atoms with E-state index in [0.29, 0.717) is 11.8 Å². The maximum absolute atomic E-state index is 11.9. The number of carbonyl (C=O) groups is 2. The van der Waals surface area contributed by atoms with E-state index in [1.54, 1.807) is 12.2 Å². The number of alkyl halides is 3. The van der Waals surface area contributed by atoms with Crippen molar-refractivity contribution in [3.05, 3.63) is 0 Å². The highest BCUT2D eigenvalue weighted by Crippen LogP contribution is 2.19. The molecular weight excluding hydrogens is 307 g/mol. The molecule has 2 N–H and O–H groups in total. The van der Waals surface area contributed by atoms with Crippen LogP contribution in [0.25, 0.3) is 0 Å². The van der Waals surface area contributed by atoms with Gasteiger partial charge in [-0.1, -0.05) is 6.92 Å². The van der Waals surface area contributed by atoms with Crippen LogP contribution >= 0.6 is 11.8 Å². The average Bonchev–Trinajstić information content (AvgIpc) is 2.59. The van der Waals surface area contributed by atoms with Crippen molar-refractivity contribution in [2.45, 2.75) is 37.7 Å². The largest absolute Gasteiger partial charge is 0.405 e. The molecule has 0 aromatic carbocycles. The quantitative estimate of drug-likeness (QED) is 0.826. The Morgan fingerprint density at radius 3 is 2.67 bits per heavy atom. The molecule has 1 saturated heterocycles. The van der Waals surface area contributed by atoms with E-state index in [-0.39, 0.29) is 0 Å². The summed E-state index contributed by atoms with van der Waals surface area (Å²) in [6, 6.07) is -1.67. The van der Waals surface area contributed by atoms with Crippen molar-refractivity contribution in [2.75, 3.05) is 25.4 Å². The molecule has 0 spiro atoms. The smallest absolute Gasteiger partial charge is 0.329 e. The molecule has 1 rings (SSSR count). The monoisotopic (exact) mass is 327 g/mol. The summed E-state index contributed by atoms with van der Waals surface area (Å²) in [6.45, 7) is 3.75. The molecule has 122 valence electrons. The minimum absolute atomic E-state index is 0.514. The van der Waals surface area contributed by atoms with Gasteiger partial charge in [0, 0.05) is 17.5 Å². The fourth-order valence-electron chi connectivity index (χ4n) is 1.91. The molecule has 0 bridgehead atoms. The van der Waals surface area contributed by atoms with E-state index in [2.05, 4.69) is 6.92 Å². The number of imide groups is 1. The zero-order valence-corrected chi connectivity index (χ0v) is 12.8. The number of amides is 3. The van der Waals surface area contributed by atoms with Crippen molar-refractivity contribution in [1.82, 2.24) is 15.5 Å². The first-order valence-corrected chi connectivity index (χ1v) is 7.75. The van der Waals surface area contributed by atoms with Crippen molar-refractivity contribution in [3.63, 3.8) is 0 Å². The zero-order valence-electron chi connectivity index (χ0n) is 12.0. The molecule has 3 amide bonds. The summed E-state index contributed by atoms with van der Waals surface area (Å²) in [4.78, 5) is 25.0. The predicted molar refractivity (Wildman–Crippen MR) is 75.2 cm³/mol. The van der Waals surface area contributed by atoms with Crippen LogP contribution in [0.5, 0.6) is 0 Å². The Morgan fingerprint density at radius 1 is 1.38 bits per heavy atom. The molecule has 0 aliphatic carbocycles. The number of rotatable bonds is 3. The van der Waals surface area contributed by atoms with Gasteiger partial charge in [-0.15, -0.1) is 0 Å². The third kappa shape index (κ3) is 7.03. The lowest BCUT2D eigenvalue weighted by Gasteiger charge is -2.26. The molecule has 1 aliphatic rings. The minimum Gasteiger partial charge on any atom is -0.329 e. The Hall–Kier alpha value is -0.960. The number of thioether (sulfide) groups is 1. The highest BCUT2D eigenvalue weighted by Gasteiger charge is 2.29. The van der Waals surface area contributed by atoms with Gasteiger partial charge in [0.05, 0.1) is 6.04 Å². The first-order chi connectivity index (χ1) is 9.69. The predicted octanol–water partition coefficient (Wildman–Crippen LogP) is 1.59. The Bertz CT molecular complexity index is 379. The summed E-state index contributed by atoms with van der Waals surface area (Å²) in [5, 5.41) is 4.07. The number of carbonyl (C=O) groups excluding carboxylic acids is 2. The SMILES string of the molecule is C[C@@H]1CCN([C@H](C)C(=O)NC(=O)NCC(F)(F)F)CCS1. The standard InChI is InChI=1S/C12H20F3N3O2S/c1-8-3-4-18(5-6-21-8)9(2)10(19)17-11(20)16-7-12(13,14)15/h8-9H,3-7H2,1-2H3,(H2,16,17,19,20)/t8-,9-/m1/s1. The third-order valence-electron chi connectivity index (χ3n) is 3.22. The molecule has 21 heavy (non-hydrogen) atoms. The summed E-state index contributed by atoms with van der Waals surface area (Å²) in [5.41, 5.74) is 0. The number of nitrogens with one attached hydrogen (secondary N) is 2. The van der Waals surface area contributed by atoms with Crippen LogP contribution in [-0.2, 0) is 4.79 Å². The minimum atomic E-state index is -4.50. The zero-order chi connectivity index (χ0) is 16.0. The lowest BCUT2D eigenvalue weighted by Crippen LogP contribution is -2.51. The molecule has 5 nitrogen and oxygen atoms in total. The molecule has 0 aromatic heterocycles. The number of hydrogen-bond acceptors (Lipinski definition) is 4. The Balaban J connectivity index is 2.41. The topological polar surface area (TPSA) is 61.4 Å². The van der Waals surface area contributed by atoms with E-state index < -0.39 is 30.7 Å². The highest BCUT2D eigenvalue weighted by atomic mass is 32.2. The maximum atomic E-state index is 11.9. The lowest BCUT2D eigenvalue weighted by atomic mass is 10.2. The summed E-state index contributed by atoms with van der Waals surface area (Å²) in [6.07, 6.45) is -3.56. The summed E-state index contributed by atoms with van der Waals surface area (Å²) < 4.78 is 35.8. The van der Waals surface area contributed by atoms with Crippen molar-refractivity contribution in [1.29, 1.82) is 0 Å². The van der Waals surface area contributed by atoms with Gasteiger partial charge < -0.3 is 5.32 Å². The van der Waals surface area contributed by atoms with Crippen LogP contribution in [-0.4, -0.2) is 59.7 Å². The number of halogens is 3. The van der Waals surface area contributed by atoms with E-state index >= 15 is 0 Å². The average molecular weight is 327 g/mol. The third-order valence-corrected chi connectivity index (χ3v) is 4.44. The van der Waals surface area contributed by atoms with Crippen LogP contribution in [0.3, 0.4) is 0 Å². The second-order valence-electron chi connectivity index (χ2n) is 4.97. The van der Waals surface area contributed by atoms with Gasteiger partial charge in [0.25, 0.3) is 0 Å². The normalized spacial score (nSPS) is 22.2. The molecule has 0 unspecified atom stereocenters. The summed E-state index contributed by atoms with van der Waals surface area (Å²) in [7, 11) is 0. The molecule has 1 heterocycles. The highest BCUT2D eigenvalue weighted by molar-refractivity contribution is 7.99. The Kier molecular flexibility index (Phi) is 6.79. The van der Waals surface area contributed by atoms with Gasteiger partial charge in [0.15, 0.2) is 0 Å². The van der Waals surface area contributed by atoms with Gasteiger partial charge in [-0.05, 0) is 19.9 Å². The fraction of sp³-hybridized carbons (Fsp3) is 0.833. The maximum Gasteiger partial charge on any atom is 0.405 e. The van der Waals surface area contributed by atoms with Crippen molar-refractivity contribution >= 4 is 23.7 Å². The Morgan fingerprint density at radius 2 is 2.05 bits per heavy atom. The van der Waals surface area contributed by atoms with Crippen LogP contribution in [0, 0.1) is 0 Å². The summed E-state index contributed by atoms with van der Waals surface area (Å²) in [5.74, 6) is 0.299. The van der Waals surface area contributed by atoms with Crippen LogP contribution in [0.15, 0.2) is 0 Å². The molecule has 0 saturated carbocycles. The van der Waals surface area contributed by atoms with Gasteiger partial charge in [-0.25, -0.2) is 4.79 Å². The molecule has 1 aliphatic heterocycles. The van der Waals surface area contributed by atoms with Crippen molar-refractivity contribution in [2.24, 2.45) is 0 Å². The fourth-order valence-corrected chi connectivity index (χ4v) is 2.92. The number of hydrogen-bond donors (Lipinski definition) is 2. The second kappa shape index (κ2) is 7.88. The van der Waals surface area contributed by atoms with E-state index in [4.69, 9.17) is 0 Å². The van der Waals surface area contributed by atoms with E-state index in [9.17, 15) is 22.8 Å². The molecule has 0 radical (unpaired) electrons. The van der Waals surface area contributed by atoms with Crippen LogP contribution in [0.4, 0.5) is 18.0 Å². The van der Waals surface area contributed by atoms with Gasteiger partial charge >= 0.3 is 12.2 Å². The molecule has 1 fully saturated rings. The van der Waals surface area contributed by atoms with Gasteiger partial charge in [-0.3, -0.25) is 15.0 Å². The van der Waals surface area contributed by atoms with E-state index in [0.717, 1.165) is 18.7 Å². The molecule has 9 heteroatoms. The van der Waals surface area contributed by atoms with Gasteiger partial charge in [0.2, 0.25) is 5.91 Å².